The summed E-state index contributed by atoms with van der Waals surface area (Å²) in [6.45, 7) is 0.607. The second kappa shape index (κ2) is 4.59. The Kier molecular flexibility index (Phi) is 3.42. The van der Waals surface area contributed by atoms with Crippen LogP contribution in [0.2, 0.25) is 0 Å². The van der Waals surface area contributed by atoms with E-state index in [9.17, 15) is 4.79 Å². The molecule has 0 unspecified atom stereocenters. The van der Waals surface area contributed by atoms with E-state index < -0.39 is 5.91 Å². The molecule has 0 heterocycles. The predicted molar refractivity (Wildman–Crippen MR) is 48.8 cm³/mol. The number of carbonyl (C=O) groups excluding carboxylic acids is 1. The highest BCUT2D eigenvalue weighted by Gasteiger charge is 1.98. The first-order chi connectivity index (χ1) is 6.24. The van der Waals surface area contributed by atoms with Crippen LogP contribution >= 0.6 is 0 Å². The van der Waals surface area contributed by atoms with Crippen molar-refractivity contribution in [3.63, 3.8) is 0 Å². The Morgan fingerprint density at radius 1 is 1.46 bits per heavy atom. The molecule has 0 aliphatic carbocycles. The molecule has 1 aromatic carbocycles. The van der Waals surface area contributed by atoms with Gasteiger partial charge in [0, 0.05) is 12.1 Å². The van der Waals surface area contributed by atoms with Gasteiger partial charge in [0.2, 0.25) is 5.91 Å². The third kappa shape index (κ3) is 2.85. The van der Waals surface area contributed by atoms with Gasteiger partial charge in [-0.3, -0.25) is 4.79 Å². The molecule has 1 amide bonds. The van der Waals surface area contributed by atoms with Gasteiger partial charge in [-0.15, -0.1) is 0 Å². The van der Waals surface area contributed by atoms with Gasteiger partial charge in [-0.2, -0.15) is 5.48 Å². The van der Waals surface area contributed by atoms with Crippen LogP contribution in [-0.2, 0) is 11.4 Å². The van der Waals surface area contributed by atoms with Crippen molar-refractivity contribution in [2.24, 2.45) is 5.73 Å². The molecule has 0 atom stereocenters. The van der Waals surface area contributed by atoms with Crippen molar-refractivity contribution in [1.29, 1.82) is 0 Å². The van der Waals surface area contributed by atoms with E-state index in [1.54, 1.807) is 19.2 Å². The minimum atomic E-state index is -0.411. The van der Waals surface area contributed by atoms with E-state index in [0.717, 1.165) is 5.56 Å². The van der Waals surface area contributed by atoms with Gasteiger partial charge in [0.1, 0.15) is 0 Å². The monoisotopic (exact) mass is 180 g/mol. The van der Waals surface area contributed by atoms with E-state index in [1.807, 2.05) is 12.1 Å². The zero-order valence-corrected chi connectivity index (χ0v) is 7.41. The largest absolute Gasteiger partial charge is 0.366 e. The van der Waals surface area contributed by atoms with Gasteiger partial charge in [0.15, 0.2) is 0 Å². The highest BCUT2D eigenvalue weighted by molar-refractivity contribution is 5.92. The summed E-state index contributed by atoms with van der Waals surface area (Å²) in [7, 11) is 1.55. The van der Waals surface area contributed by atoms with Gasteiger partial charge in [-0.05, 0) is 17.7 Å². The molecule has 70 valence electrons. The van der Waals surface area contributed by atoms with E-state index in [4.69, 9.17) is 5.73 Å². The Morgan fingerprint density at radius 2 is 2.08 bits per heavy atom. The molecule has 0 saturated carbocycles. The fourth-order valence-electron chi connectivity index (χ4n) is 0.942. The fourth-order valence-corrected chi connectivity index (χ4v) is 0.942. The SMILES string of the molecule is CONCc1ccc(C(N)=O)cc1. The maximum atomic E-state index is 10.7. The number of benzene rings is 1. The third-order valence-corrected chi connectivity index (χ3v) is 1.66. The van der Waals surface area contributed by atoms with Gasteiger partial charge >= 0.3 is 0 Å². The summed E-state index contributed by atoms with van der Waals surface area (Å²) in [6, 6.07) is 7.03. The zero-order chi connectivity index (χ0) is 9.68. The molecular weight excluding hydrogens is 168 g/mol. The van der Waals surface area contributed by atoms with Crippen LogP contribution in [-0.4, -0.2) is 13.0 Å². The standard InChI is InChI=1S/C9H12N2O2/c1-13-11-6-7-2-4-8(5-3-7)9(10)12/h2-5,11H,6H2,1H3,(H2,10,12). The molecule has 0 aliphatic rings. The van der Waals surface area contributed by atoms with Crippen molar-refractivity contribution < 1.29 is 9.63 Å². The van der Waals surface area contributed by atoms with Crippen LogP contribution < -0.4 is 11.2 Å². The zero-order valence-electron chi connectivity index (χ0n) is 7.41. The van der Waals surface area contributed by atoms with Gasteiger partial charge in [-0.25, -0.2) is 0 Å². The van der Waals surface area contributed by atoms with Gasteiger partial charge in [0.25, 0.3) is 0 Å². The van der Waals surface area contributed by atoms with Crippen molar-refractivity contribution in [2.75, 3.05) is 7.11 Å². The highest BCUT2D eigenvalue weighted by Crippen LogP contribution is 2.03. The average molecular weight is 180 g/mol. The lowest BCUT2D eigenvalue weighted by molar-refractivity contribution is 0.0867. The summed E-state index contributed by atoms with van der Waals surface area (Å²) >= 11 is 0. The van der Waals surface area contributed by atoms with Crippen LogP contribution in [0.3, 0.4) is 0 Å². The lowest BCUT2D eigenvalue weighted by atomic mass is 10.1. The number of primary amides is 1. The molecule has 0 saturated heterocycles. The molecule has 0 aliphatic heterocycles. The summed E-state index contributed by atoms with van der Waals surface area (Å²) < 4.78 is 0. The molecule has 3 N–H and O–H groups in total. The first-order valence-electron chi connectivity index (χ1n) is 3.88. The first-order valence-corrected chi connectivity index (χ1v) is 3.88. The first kappa shape index (κ1) is 9.70. The van der Waals surface area contributed by atoms with Crippen LogP contribution in [0.15, 0.2) is 24.3 Å². The summed E-state index contributed by atoms with van der Waals surface area (Å²) in [5.41, 5.74) is 9.33. The highest BCUT2D eigenvalue weighted by atomic mass is 16.6. The quantitative estimate of drug-likeness (QED) is 0.661. The predicted octanol–water partition coefficient (Wildman–Crippen LogP) is 0.436. The second-order valence-corrected chi connectivity index (χ2v) is 2.59. The van der Waals surface area contributed by atoms with Crippen molar-refractivity contribution in [3.8, 4) is 0 Å². The maximum absolute atomic E-state index is 10.7. The Labute approximate surface area is 76.6 Å². The summed E-state index contributed by atoms with van der Waals surface area (Å²) in [6.07, 6.45) is 0. The van der Waals surface area contributed by atoms with Crippen LogP contribution in [0.25, 0.3) is 0 Å². The van der Waals surface area contributed by atoms with Gasteiger partial charge < -0.3 is 10.6 Å². The molecule has 0 radical (unpaired) electrons. The molecule has 1 rings (SSSR count). The van der Waals surface area contributed by atoms with Crippen LogP contribution in [0.5, 0.6) is 0 Å². The van der Waals surface area contributed by atoms with E-state index in [-0.39, 0.29) is 0 Å². The van der Waals surface area contributed by atoms with Gasteiger partial charge in [-0.1, -0.05) is 12.1 Å². The van der Waals surface area contributed by atoms with Crippen molar-refractivity contribution >= 4 is 5.91 Å². The smallest absolute Gasteiger partial charge is 0.248 e. The Hall–Kier alpha value is -1.39. The number of hydrogen-bond donors (Lipinski definition) is 2. The lowest BCUT2D eigenvalue weighted by Crippen LogP contribution is -2.12. The molecule has 0 spiro atoms. The topological polar surface area (TPSA) is 64.3 Å². The van der Waals surface area contributed by atoms with Gasteiger partial charge in [0.05, 0.1) is 7.11 Å². The molecular formula is C9H12N2O2. The van der Waals surface area contributed by atoms with E-state index in [2.05, 4.69) is 10.3 Å². The van der Waals surface area contributed by atoms with Crippen LogP contribution in [0.4, 0.5) is 0 Å². The molecule has 13 heavy (non-hydrogen) atoms. The molecule has 1 aromatic rings. The normalized spacial score (nSPS) is 9.92. The summed E-state index contributed by atoms with van der Waals surface area (Å²) in [5.74, 6) is -0.411. The minimum Gasteiger partial charge on any atom is -0.366 e. The number of rotatable bonds is 4. The Morgan fingerprint density at radius 3 is 2.54 bits per heavy atom. The lowest BCUT2D eigenvalue weighted by Gasteiger charge is -2.02. The Balaban J connectivity index is 2.64. The van der Waals surface area contributed by atoms with E-state index in [1.165, 1.54) is 0 Å². The van der Waals surface area contributed by atoms with E-state index in [0.29, 0.717) is 12.1 Å². The number of nitrogens with two attached hydrogens (primary N) is 1. The van der Waals surface area contributed by atoms with Crippen molar-refractivity contribution in [3.05, 3.63) is 35.4 Å². The van der Waals surface area contributed by atoms with Crippen molar-refractivity contribution in [1.82, 2.24) is 5.48 Å². The average Bonchev–Trinajstić information content (AvgIpc) is 2.15. The number of nitrogens with one attached hydrogen (secondary N) is 1. The molecule has 4 nitrogen and oxygen atoms in total. The second-order valence-electron chi connectivity index (χ2n) is 2.59. The van der Waals surface area contributed by atoms with Crippen LogP contribution in [0.1, 0.15) is 15.9 Å². The Bertz CT molecular complexity index is 282. The maximum Gasteiger partial charge on any atom is 0.248 e. The van der Waals surface area contributed by atoms with Crippen LogP contribution in [0, 0.1) is 0 Å². The van der Waals surface area contributed by atoms with Crippen molar-refractivity contribution in [2.45, 2.75) is 6.54 Å². The molecule has 0 fully saturated rings. The number of amides is 1. The molecule has 0 aromatic heterocycles. The number of hydrogen-bond acceptors (Lipinski definition) is 3. The molecule has 4 heteroatoms. The third-order valence-electron chi connectivity index (χ3n) is 1.66. The summed E-state index contributed by atoms with van der Waals surface area (Å²) in [4.78, 5) is 15.4. The summed E-state index contributed by atoms with van der Waals surface area (Å²) in [5, 5.41) is 0. The molecule has 0 bridgehead atoms. The number of hydroxylamine groups is 1. The van der Waals surface area contributed by atoms with E-state index >= 15 is 0 Å². The fraction of sp³-hybridized carbons (Fsp3) is 0.222. The minimum absolute atomic E-state index is 0.411. The number of carbonyl (C=O) groups is 1.